The number of carbonyl (C=O) groups excluding carboxylic acids is 12. The van der Waals surface area contributed by atoms with Gasteiger partial charge >= 0.3 is 0 Å². The van der Waals surface area contributed by atoms with Crippen molar-refractivity contribution >= 4 is 70.9 Å². The van der Waals surface area contributed by atoms with Crippen LogP contribution in [0.5, 0.6) is 0 Å². The molecule has 1 aromatic rings. The lowest BCUT2D eigenvalue weighted by Gasteiger charge is -2.29. The van der Waals surface area contributed by atoms with Gasteiger partial charge in [0.1, 0.15) is 67.0 Å². The highest BCUT2D eigenvalue weighted by molar-refractivity contribution is 5.99. The Morgan fingerprint density at radius 2 is 1.10 bits per heavy atom. The van der Waals surface area contributed by atoms with E-state index in [1.807, 2.05) is 0 Å². The van der Waals surface area contributed by atoms with E-state index >= 15 is 0 Å². The van der Waals surface area contributed by atoms with Gasteiger partial charge in [0.05, 0.1) is 12.2 Å². The highest BCUT2D eigenvalue weighted by atomic mass is 16.3. The summed E-state index contributed by atoms with van der Waals surface area (Å²) in [6.45, 7) is 5.51. The molecule has 1 saturated heterocycles. The molecule has 1 aliphatic heterocycles. The van der Waals surface area contributed by atoms with Gasteiger partial charge in [0.25, 0.3) is 0 Å². The van der Waals surface area contributed by atoms with E-state index in [4.69, 9.17) is 22.9 Å². The van der Waals surface area contributed by atoms with Crippen LogP contribution < -0.4 is 86.7 Å². The number of benzene rings is 1. The molecule has 0 radical (unpaired) electrons. The van der Waals surface area contributed by atoms with Crippen molar-refractivity contribution in [3.8, 4) is 0 Å². The maximum Gasteiger partial charge on any atom is 0.245 e. The summed E-state index contributed by atoms with van der Waals surface area (Å²) in [5, 5.41) is 61.2. The average molecular weight is 1250 g/mol. The minimum Gasteiger partial charge on any atom is -0.391 e. The third-order valence-corrected chi connectivity index (χ3v) is 14.2. The van der Waals surface area contributed by atoms with E-state index in [0.29, 0.717) is 12.0 Å². The van der Waals surface area contributed by atoms with E-state index in [-0.39, 0.29) is 90.0 Å². The zero-order chi connectivity index (χ0) is 65.9. The molecule has 31 heteroatoms. The van der Waals surface area contributed by atoms with Crippen molar-refractivity contribution in [1.82, 2.24) is 63.8 Å². The Labute approximate surface area is 513 Å². The first-order chi connectivity index (χ1) is 41.8. The first-order valence-electron chi connectivity index (χ1n) is 30.2. The number of nitrogens with one attached hydrogen (secondary N) is 12. The molecule has 12 amide bonds. The normalized spacial score (nSPS) is 22.1. The average Bonchev–Trinajstić information content (AvgIpc) is 3.38. The van der Waals surface area contributed by atoms with Crippen LogP contribution in [0, 0.1) is 5.92 Å². The SMILES string of the molecule is CCCCCCCC(=O)N[C@@H](CCN)C(=O)N[C@H](C(=O)N[C@@H](CCN)C(=O)N[C@H]1CCNC(=O)[C@H]([C@@H](C)O)NC(=O)[C@H](CCNC(=O)CO)NC(=O)[C@H](CCN)NC(=O)[C@H](CC(C)C)NC(=O)[C@@H](Cc2ccccc2)NC(=O)[C@H](CCN)NC1=O)[C@@H](C)O. The van der Waals surface area contributed by atoms with Gasteiger partial charge in [-0.25, -0.2) is 0 Å². The highest BCUT2D eigenvalue weighted by Crippen LogP contribution is 2.12. The van der Waals surface area contributed by atoms with Gasteiger partial charge in [0, 0.05) is 25.9 Å². The number of aliphatic hydroxyl groups excluding tert-OH is 3. The van der Waals surface area contributed by atoms with Crippen LogP contribution in [0.1, 0.15) is 124 Å². The first-order valence-corrected chi connectivity index (χ1v) is 30.2. The summed E-state index contributed by atoms with van der Waals surface area (Å²) in [5.41, 5.74) is 24.1. The molecule has 1 fully saturated rings. The van der Waals surface area contributed by atoms with Gasteiger partial charge in [-0.3, -0.25) is 57.5 Å². The predicted molar refractivity (Wildman–Crippen MR) is 323 cm³/mol. The Hall–Kier alpha value is -7.42. The summed E-state index contributed by atoms with van der Waals surface area (Å²) in [6.07, 6.45) is -0.567. The summed E-state index contributed by atoms with van der Waals surface area (Å²) in [4.78, 5) is 167. The fraction of sp³-hybridized carbons (Fsp3) is 0.684. The number of hydrogen-bond acceptors (Lipinski definition) is 19. The topological polar surface area (TPSA) is 514 Å². The monoisotopic (exact) mass is 1250 g/mol. The second kappa shape index (κ2) is 41.7. The summed E-state index contributed by atoms with van der Waals surface area (Å²) < 4.78 is 0. The Bertz CT molecular complexity index is 2420. The van der Waals surface area contributed by atoms with Gasteiger partial charge < -0.3 is 102 Å². The lowest BCUT2D eigenvalue weighted by molar-refractivity contribution is -0.137. The number of aliphatic hydroxyl groups is 3. The van der Waals surface area contributed by atoms with E-state index in [1.165, 1.54) is 6.92 Å². The summed E-state index contributed by atoms with van der Waals surface area (Å²) in [6, 6.07) is -6.90. The molecule has 2 rings (SSSR count). The molecule has 23 N–H and O–H groups in total. The van der Waals surface area contributed by atoms with E-state index in [1.54, 1.807) is 44.2 Å². The van der Waals surface area contributed by atoms with Gasteiger partial charge in [0.2, 0.25) is 70.9 Å². The molecular formula is C57H98N16O15. The van der Waals surface area contributed by atoms with E-state index in [2.05, 4.69) is 70.7 Å². The van der Waals surface area contributed by atoms with Crippen molar-refractivity contribution in [2.45, 2.75) is 197 Å². The second-order valence-electron chi connectivity index (χ2n) is 22.2. The lowest BCUT2D eigenvalue weighted by Crippen LogP contribution is -2.62. The predicted octanol–water partition coefficient (Wildman–Crippen LogP) is -6.34. The number of carbonyl (C=O) groups is 12. The summed E-state index contributed by atoms with van der Waals surface area (Å²) in [5.74, 6) is -11.3. The van der Waals surface area contributed by atoms with Crippen molar-refractivity contribution in [2.24, 2.45) is 28.9 Å². The maximum atomic E-state index is 14.6. The van der Waals surface area contributed by atoms with E-state index in [0.717, 1.165) is 32.6 Å². The molecule has 0 aromatic heterocycles. The molecule has 1 aliphatic rings. The van der Waals surface area contributed by atoms with Crippen LogP contribution in [0.3, 0.4) is 0 Å². The Balaban J connectivity index is 2.73. The van der Waals surface area contributed by atoms with E-state index < -0.39 is 163 Å². The summed E-state index contributed by atoms with van der Waals surface area (Å²) >= 11 is 0. The smallest absolute Gasteiger partial charge is 0.245 e. The first kappa shape index (κ1) is 76.7. The molecule has 0 spiro atoms. The fourth-order valence-corrected chi connectivity index (χ4v) is 9.27. The molecular weight excluding hydrogens is 1150 g/mol. The van der Waals surface area contributed by atoms with E-state index in [9.17, 15) is 72.9 Å². The number of unbranched alkanes of at least 4 members (excludes halogenated alkanes) is 4. The number of rotatable bonds is 31. The molecule has 88 heavy (non-hydrogen) atoms. The van der Waals surface area contributed by atoms with Crippen LogP contribution in [-0.4, -0.2) is 205 Å². The molecule has 0 saturated carbocycles. The van der Waals surface area contributed by atoms with Crippen molar-refractivity contribution in [2.75, 3.05) is 45.9 Å². The van der Waals surface area contributed by atoms with Crippen molar-refractivity contribution in [3.63, 3.8) is 0 Å². The van der Waals surface area contributed by atoms with Crippen LogP contribution in [0.4, 0.5) is 0 Å². The van der Waals surface area contributed by atoms with Gasteiger partial charge in [0.15, 0.2) is 0 Å². The number of hydrogen-bond donors (Lipinski definition) is 19. The second-order valence-corrected chi connectivity index (χ2v) is 22.2. The number of nitrogens with two attached hydrogens (primary N) is 4. The zero-order valence-electron chi connectivity index (χ0n) is 51.3. The van der Waals surface area contributed by atoms with Gasteiger partial charge in [-0.2, -0.15) is 0 Å². The van der Waals surface area contributed by atoms with Crippen molar-refractivity contribution in [3.05, 3.63) is 35.9 Å². The Kier molecular flexibility index (Phi) is 36.3. The van der Waals surface area contributed by atoms with Crippen LogP contribution in [0.2, 0.25) is 0 Å². The van der Waals surface area contributed by atoms with Crippen LogP contribution in [0.15, 0.2) is 30.3 Å². The molecule has 0 aliphatic carbocycles. The standard InChI is InChI=1S/C57H98N16O15/c1-6-7-8-9-13-16-44(77)64-36(17-23-58)52(83)73-47(34(5)76)57(88)69-39(20-26-61)49(80)67-40-22-28-63-56(87)46(33(4)75)72-53(84)41(21-27-62-45(78)31-74)68-48(79)37(18-24-59)66-54(85)42(29-32(2)3)70-55(86)43(30-35-14-11-10-12-15-35)71-50(81)38(19-25-60)65-51(40)82/h10-12,14-15,32-34,36-43,46-47,74-76H,6-9,13,16-31,58-61H2,1-5H3,(H,62,78)(H,63,87)(H,64,77)(H,65,82)(H,66,85)(H,67,80)(H,68,79)(H,69,88)(H,70,86)(H,71,81)(H,72,84)(H,73,83)/t33-,34-,36+,37+,38+,39+,40+,41+,42+,43-,46+,47+/m1/s1. The van der Waals surface area contributed by atoms with Gasteiger partial charge in [-0.1, -0.05) is 76.8 Å². The van der Waals surface area contributed by atoms with Crippen molar-refractivity contribution in [1.29, 1.82) is 0 Å². The highest BCUT2D eigenvalue weighted by Gasteiger charge is 2.38. The molecule has 1 aromatic carbocycles. The summed E-state index contributed by atoms with van der Waals surface area (Å²) in [7, 11) is 0. The third-order valence-electron chi connectivity index (χ3n) is 14.2. The van der Waals surface area contributed by atoms with Gasteiger partial charge in [-0.05, 0) is 103 Å². The molecule has 0 bridgehead atoms. The van der Waals surface area contributed by atoms with Crippen LogP contribution in [-0.2, 0) is 64.0 Å². The quantitative estimate of drug-likeness (QED) is 0.0308. The molecule has 1 heterocycles. The molecule has 0 unspecified atom stereocenters. The largest absolute Gasteiger partial charge is 0.391 e. The Morgan fingerprint density at radius 3 is 1.65 bits per heavy atom. The van der Waals surface area contributed by atoms with Gasteiger partial charge in [-0.15, -0.1) is 0 Å². The van der Waals surface area contributed by atoms with Crippen LogP contribution >= 0.6 is 0 Å². The number of amides is 12. The maximum absolute atomic E-state index is 14.6. The van der Waals surface area contributed by atoms with Crippen molar-refractivity contribution < 1.29 is 72.9 Å². The molecule has 496 valence electrons. The molecule has 31 nitrogen and oxygen atoms in total. The fourth-order valence-electron chi connectivity index (χ4n) is 9.27. The molecule has 12 atom stereocenters. The third kappa shape index (κ3) is 28.2. The van der Waals surface area contributed by atoms with Crippen LogP contribution in [0.25, 0.3) is 0 Å². The minimum absolute atomic E-state index is 0.00134. The minimum atomic E-state index is -1.78. The lowest BCUT2D eigenvalue weighted by atomic mass is 10.00. The Morgan fingerprint density at radius 1 is 0.580 bits per heavy atom. The zero-order valence-corrected chi connectivity index (χ0v) is 51.3.